The van der Waals surface area contributed by atoms with Crippen LogP contribution >= 0.6 is 0 Å². The summed E-state index contributed by atoms with van der Waals surface area (Å²) >= 11 is 0. The Kier molecular flexibility index (Phi) is 7.21. The quantitative estimate of drug-likeness (QED) is 0.248. The number of carbonyl (C=O) groups is 1. The molecule has 12 heteroatoms. The normalized spacial score (nSPS) is 26.7. The highest BCUT2D eigenvalue weighted by molar-refractivity contribution is 7.93. The minimum absolute atomic E-state index is 0.0895. The second-order valence-electron chi connectivity index (χ2n) is 7.80. The molecule has 11 nitrogen and oxygen atoms in total. The van der Waals surface area contributed by atoms with Gasteiger partial charge in [0.15, 0.2) is 5.79 Å². The van der Waals surface area contributed by atoms with Crippen molar-refractivity contribution in [3.63, 3.8) is 0 Å². The van der Waals surface area contributed by atoms with E-state index in [9.17, 15) is 18.4 Å². The molecule has 3 heterocycles. The fraction of sp³-hybridized carbons (Fsp3) is 0.632. The Bertz CT molecular complexity index is 852. The molecule has 0 aromatic heterocycles. The number of carbonyl (C=O) groups excluding carboxylic acids is 1. The molecule has 3 aliphatic heterocycles. The van der Waals surface area contributed by atoms with Crippen LogP contribution in [0.1, 0.15) is 13.3 Å². The highest BCUT2D eigenvalue weighted by Crippen LogP contribution is 2.41. The molecule has 3 saturated heterocycles. The lowest BCUT2D eigenvalue weighted by molar-refractivity contribution is -0.324. The van der Waals surface area contributed by atoms with Crippen LogP contribution < -0.4 is 5.48 Å². The summed E-state index contributed by atoms with van der Waals surface area (Å²) in [4.78, 5) is 12.2. The molecular weight excluding hydrogens is 432 g/mol. The Hall–Kier alpha value is -1.80. The summed E-state index contributed by atoms with van der Waals surface area (Å²) in [6, 6.07) is -1.24. The van der Waals surface area contributed by atoms with Gasteiger partial charge in [0.1, 0.15) is 12.8 Å². The van der Waals surface area contributed by atoms with E-state index in [1.165, 1.54) is 30.8 Å². The smallest absolute Gasteiger partial charge is 0.261 e. The van der Waals surface area contributed by atoms with Gasteiger partial charge in [0.05, 0.1) is 56.2 Å². The largest absolute Gasteiger partial charge is 0.501 e. The average Bonchev–Trinajstić information content (AvgIpc) is 3.17. The van der Waals surface area contributed by atoms with Crippen molar-refractivity contribution in [3.05, 3.63) is 35.5 Å². The number of allylic oxidation sites excluding steroid dienone is 4. The van der Waals surface area contributed by atoms with Gasteiger partial charge in [-0.25, -0.2) is 13.9 Å². The number of sulfonamides is 1. The Morgan fingerprint density at radius 2 is 1.87 bits per heavy atom. The first-order chi connectivity index (χ1) is 14.7. The third-order valence-corrected chi connectivity index (χ3v) is 7.44. The lowest BCUT2D eigenvalue weighted by Gasteiger charge is -2.45. The van der Waals surface area contributed by atoms with Crippen molar-refractivity contribution < 1.29 is 42.1 Å². The molecule has 3 rings (SSSR count). The predicted molar refractivity (Wildman–Crippen MR) is 107 cm³/mol. The van der Waals surface area contributed by atoms with Gasteiger partial charge < -0.3 is 23.7 Å². The molecule has 0 bridgehead atoms. The first-order valence-corrected chi connectivity index (χ1v) is 11.1. The van der Waals surface area contributed by atoms with Crippen LogP contribution in [0.25, 0.3) is 0 Å². The maximum atomic E-state index is 13.3. The summed E-state index contributed by atoms with van der Waals surface area (Å²) in [5.41, 5.74) is 1.04. The molecule has 0 aromatic rings. The van der Waals surface area contributed by atoms with Gasteiger partial charge in [-0.2, -0.15) is 4.31 Å². The number of hydroxylamine groups is 1. The Labute approximate surface area is 181 Å². The molecule has 174 valence electrons. The van der Waals surface area contributed by atoms with Crippen molar-refractivity contribution in [1.82, 2.24) is 9.79 Å². The van der Waals surface area contributed by atoms with Crippen LogP contribution in [0.5, 0.6) is 0 Å². The molecule has 0 saturated carbocycles. The van der Waals surface area contributed by atoms with E-state index >= 15 is 0 Å². The third-order valence-electron chi connectivity index (χ3n) is 5.54. The van der Waals surface area contributed by atoms with Crippen molar-refractivity contribution >= 4 is 15.9 Å². The highest BCUT2D eigenvalue weighted by atomic mass is 32.2. The van der Waals surface area contributed by atoms with Crippen molar-refractivity contribution in [2.45, 2.75) is 25.2 Å². The topological polar surface area (TPSA) is 133 Å². The molecule has 0 aliphatic carbocycles. The maximum Gasteiger partial charge on any atom is 0.261 e. The van der Waals surface area contributed by atoms with Gasteiger partial charge in [0.25, 0.3) is 5.91 Å². The second-order valence-corrected chi connectivity index (χ2v) is 9.69. The zero-order valence-electron chi connectivity index (χ0n) is 17.5. The van der Waals surface area contributed by atoms with Crippen LogP contribution in [-0.4, -0.2) is 82.5 Å². The molecule has 0 radical (unpaired) electrons. The van der Waals surface area contributed by atoms with Crippen LogP contribution in [-0.2, 0) is 38.5 Å². The molecule has 0 aromatic carbocycles. The molecule has 31 heavy (non-hydrogen) atoms. The van der Waals surface area contributed by atoms with E-state index in [0.29, 0.717) is 19.0 Å². The molecule has 2 N–H and O–H groups in total. The lowest BCUT2D eigenvalue weighted by Crippen LogP contribution is -2.56. The summed E-state index contributed by atoms with van der Waals surface area (Å²) in [6.45, 7) is 6.41. The van der Waals surface area contributed by atoms with Crippen molar-refractivity contribution in [2.75, 3.05) is 46.9 Å². The molecule has 3 aliphatic rings. The van der Waals surface area contributed by atoms with Gasteiger partial charge in [-0.05, 0) is 25.2 Å². The van der Waals surface area contributed by atoms with Crippen molar-refractivity contribution in [3.8, 4) is 0 Å². The molecule has 1 atom stereocenters. The first-order valence-electron chi connectivity index (χ1n) is 9.65. The highest BCUT2D eigenvalue weighted by Gasteiger charge is 2.57. The van der Waals surface area contributed by atoms with Crippen molar-refractivity contribution in [1.29, 1.82) is 0 Å². The summed E-state index contributed by atoms with van der Waals surface area (Å²) in [5, 5.41) is 9.17. The fourth-order valence-corrected chi connectivity index (χ4v) is 5.26. The molecule has 0 unspecified atom stereocenters. The van der Waals surface area contributed by atoms with E-state index in [-0.39, 0.29) is 37.9 Å². The van der Waals surface area contributed by atoms with Gasteiger partial charge in [-0.15, -0.1) is 0 Å². The maximum absolute atomic E-state index is 13.3. The van der Waals surface area contributed by atoms with Crippen LogP contribution in [0.2, 0.25) is 0 Å². The van der Waals surface area contributed by atoms with Gasteiger partial charge in [-0.3, -0.25) is 10.0 Å². The van der Waals surface area contributed by atoms with E-state index < -0.39 is 33.2 Å². The van der Waals surface area contributed by atoms with E-state index in [1.54, 1.807) is 6.92 Å². The molecule has 2 spiro atoms. The number of nitrogens with zero attached hydrogens (tertiary/aromatic N) is 1. The van der Waals surface area contributed by atoms with E-state index in [0.717, 1.165) is 4.31 Å². The van der Waals surface area contributed by atoms with Crippen LogP contribution in [0, 0.1) is 5.41 Å². The van der Waals surface area contributed by atoms with Gasteiger partial charge >= 0.3 is 0 Å². The molecule has 1 amide bonds. The predicted octanol–water partition coefficient (Wildman–Crippen LogP) is 0.250. The number of methoxy groups -OCH3 is 1. The number of rotatable bonds is 6. The Morgan fingerprint density at radius 3 is 2.42 bits per heavy atom. The van der Waals surface area contributed by atoms with Crippen LogP contribution in [0.4, 0.5) is 0 Å². The summed E-state index contributed by atoms with van der Waals surface area (Å²) in [6.07, 6.45) is 3.88. The second kappa shape index (κ2) is 9.36. The summed E-state index contributed by atoms with van der Waals surface area (Å²) in [7, 11) is -2.71. The van der Waals surface area contributed by atoms with Gasteiger partial charge in [0, 0.05) is 6.42 Å². The SMILES string of the molecule is C=C/C(=C\C=C(/C)OC)S(=O)(=O)N1CC2(C[C@@H]1C(=O)NO)OCC1(COCOC1)CO2. The lowest BCUT2D eigenvalue weighted by atomic mass is 9.90. The summed E-state index contributed by atoms with van der Waals surface area (Å²) in [5.74, 6) is -1.74. The number of hydrogen-bond donors (Lipinski definition) is 2. The third kappa shape index (κ3) is 4.85. The minimum Gasteiger partial charge on any atom is -0.501 e. The number of ether oxygens (including phenoxy) is 5. The van der Waals surface area contributed by atoms with Crippen LogP contribution in [0.3, 0.4) is 0 Å². The average molecular weight is 461 g/mol. The Morgan fingerprint density at radius 1 is 1.23 bits per heavy atom. The Balaban J connectivity index is 1.86. The van der Waals surface area contributed by atoms with E-state index in [4.69, 9.17) is 23.7 Å². The van der Waals surface area contributed by atoms with E-state index in [2.05, 4.69) is 6.58 Å². The summed E-state index contributed by atoms with van der Waals surface area (Å²) < 4.78 is 55.3. The monoisotopic (exact) mass is 460 g/mol. The van der Waals surface area contributed by atoms with Crippen molar-refractivity contribution in [2.24, 2.45) is 5.41 Å². The zero-order chi connectivity index (χ0) is 22.7. The number of nitrogens with one attached hydrogen (secondary N) is 1. The van der Waals surface area contributed by atoms with Gasteiger partial charge in [0.2, 0.25) is 10.0 Å². The fourth-order valence-electron chi connectivity index (χ4n) is 3.67. The van der Waals surface area contributed by atoms with E-state index in [1.807, 2.05) is 0 Å². The standard InChI is InChI=1S/C19H28N2O9S/c1-4-15(6-5-14(2)26-3)31(24,25)21-8-19(7-16(21)17(22)20-23)29-11-18(12-30-19)9-27-13-28-10-18/h4-6,16,23H,1,7-13H2,2-3H3,(H,20,22)/b14-5+,15-6+/t16-/m1/s1. The first kappa shape index (κ1) is 23.9. The molecule has 3 fully saturated rings. The minimum atomic E-state index is -4.17. The zero-order valence-corrected chi connectivity index (χ0v) is 18.4. The van der Waals surface area contributed by atoms with Gasteiger partial charge in [-0.1, -0.05) is 6.58 Å². The number of hydrogen-bond acceptors (Lipinski definition) is 9. The molecular formula is C19H28N2O9S. The number of amides is 1. The van der Waals surface area contributed by atoms with Crippen LogP contribution in [0.15, 0.2) is 35.5 Å².